The zero-order valence-corrected chi connectivity index (χ0v) is 12.9. The lowest BCUT2D eigenvalue weighted by Gasteiger charge is -2.18. The lowest BCUT2D eigenvalue weighted by molar-refractivity contribution is -0.389. The van der Waals surface area contributed by atoms with Crippen LogP contribution in [0.1, 0.15) is 31.8 Å². The van der Waals surface area contributed by atoms with E-state index in [-0.39, 0.29) is 11.1 Å². The van der Waals surface area contributed by atoms with E-state index in [0.29, 0.717) is 0 Å². The topological polar surface area (TPSA) is 120 Å². The molecule has 0 N–H and O–H groups in total. The monoisotopic (exact) mass is 366 g/mol. The Bertz CT molecular complexity index is 908. The largest absolute Gasteiger partial charge is 0.301 e. The maximum Gasteiger partial charge on any atom is 0.301 e. The normalized spacial score (nSPS) is 12.6. The molecule has 24 heavy (non-hydrogen) atoms. The first-order chi connectivity index (χ1) is 11.3. The number of hydrogen-bond acceptors (Lipinski definition) is 6. The van der Waals surface area contributed by atoms with E-state index in [1.165, 1.54) is 24.3 Å². The zero-order chi connectivity index (χ0) is 17.8. The predicted molar refractivity (Wildman–Crippen MR) is 83.1 cm³/mol. The van der Waals surface area contributed by atoms with Crippen LogP contribution in [-0.2, 0) is 0 Å². The summed E-state index contributed by atoms with van der Waals surface area (Å²) in [5.41, 5.74) is -3.46. The van der Waals surface area contributed by atoms with Crippen molar-refractivity contribution in [1.29, 1.82) is 0 Å². The van der Waals surface area contributed by atoms with Crippen LogP contribution in [0.2, 0.25) is 10.0 Å². The van der Waals surface area contributed by atoms with Gasteiger partial charge in [0.05, 0.1) is 9.85 Å². The Balaban J connectivity index is 2.55. The van der Waals surface area contributed by atoms with Gasteiger partial charge in [0.2, 0.25) is 11.6 Å². The Labute approximate surface area is 142 Å². The van der Waals surface area contributed by atoms with Crippen LogP contribution in [0.15, 0.2) is 24.3 Å². The smallest absolute Gasteiger partial charge is 0.288 e. The van der Waals surface area contributed by atoms with E-state index in [1.54, 1.807) is 0 Å². The second-order valence-electron chi connectivity index (χ2n) is 4.79. The summed E-state index contributed by atoms with van der Waals surface area (Å²) in [6, 6.07) is 5.53. The second kappa shape index (κ2) is 5.36. The lowest BCUT2D eigenvalue weighted by atomic mass is 9.82. The zero-order valence-electron chi connectivity index (χ0n) is 11.4. The van der Waals surface area contributed by atoms with Crippen molar-refractivity contribution in [2.75, 3.05) is 0 Å². The van der Waals surface area contributed by atoms with Gasteiger partial charge in [-0.15, -0.1) is 0 Å². The third-order valence-electron chi connectivity index (χ3n) is 3.57. The van der Waals surface area contributed by atoms with Crippen molar-refractivity contribution in [3.8, 4) is 0 Å². The SMILES string of the molecule is O=C1c2ccccc2C(=O)c2c1c([N+](=O)[O-])c(Cl)c(Cl)c2[N+](=O)[O-]. The number of rotatable bonds is 2. The minimum Gasteiger partial charge on any atom is -0.288 e. The van der Waals surface area contributed by atoms with Gasteiger partial charge >= 0.3 is 11.4 Å². The Morgan fingerprint density at radius 1 is 0.750 bits per heavy atom. The van der Waals surface area contributed by atoms with Gasteiger partial charge in [-0.3, -0.25) is 29.8 Å². The number of carbonyl (C=O) groups is 2. The molecule has 10 heteroatoms. The summed E-state index contributed by atoms with van der Waals surface area (Å²) in [4.78, 5) is 45.9. The van der Waals surface area contributed by atoms with Crippen molar-refractivity contribution < 1.29 is 19.4 Å². The van der Waals surface area contributed by atoms with E-state index in [1.807, 2.05) is 0 Å². The molecule has 0 saturated carbocycles. The number of nitro benzene ring substituents is 2. The maximum atomic E-state index is 12.6. The van der Waals surface area contributed by atoms with Crippen LogP contribution in [0.25, 0.3) is 0 Å². The summed E-state index contributed by atoms with van der Waals surface area (Å²) in [6.07, 6.45) is 0. The van der Waals surface area contributed by atoms with Gasteiger partial charge in [-0.1, -0.05) is 47.5 Å². The minimum absolute atomic E-state index is 0.0919. The average molecular weight is 367 g/mol. The highest BCUT2D eigenvalue weighted by molar-refractivity contribution is 6.47. The number of ketones is 2. The Morgan fingerprint density at radius 3 is 1.38 bits per heavy atom. The first-order valence-corrected chi connectivity index (χ1v) is 7.05. The number of carbonyl (C=O) groups excluding carboxylic acids is 2. The molecule has 0 atom stereocenters. The van der Waals surface area contributed by atoms with Crippen LogP contribution < -0.4 is 0 Å². The molecule has 0 bridgehead atoms. The van der Waals surface area contributed by atoms with Gasteiger partial charge in [-0.25, -0.2) is 0 Å². The average Bonchev–Trinajstić information content (AvgIpc) is 2.53. The number of nitrogens with zero attached hydrogens (tertiary/aromatic N) is 2. The molecule has 1 aliphatic rings. The molecule has 0 aromatic heterocycles. The Hall–Kier alpha value is -2.84. The van der Waals surface area contributed by atoms with Crippen molar-refractivity contribution in [2.45, 2.75) is 0 Å². The molecular formula is C14H4Cl2N2O6. The number of nitro groups is 2. The third kappa shape index (κ3) is 2.00. The summed E-state index contributed by atoms with van der Waals surface area (Å²) in [5, 5.41) is 21.1. The number of fused-ring (bicyclic) bond motifs is 2. The highest BCUT2D eigenvalue weighted by Gasteiger charge is 2.45. The fourth-order valence-corrected chi connectivity index (χ4v) is 3.10. The van der Waals surface area contributed by atoms with E-state index in [0.717, 1.165) is 0 Å². The molecule has 8 nitrogen and oxygen atoms in total. The van der Waals surface area contributed by atoms with Crippen molar-refractivity contribution in [3.05, 3.63) is 76.8 Å². The highest BCUT2D eigenvalue weighted by Crippen LogP contribution is 2.47. The number of halogens is 2. The molecule has 0 fully saturated rings. The number of benzene rings is 2. The van der Waals surface area contributed by atoms with Crippen molar-refractivity contribution >= 4 is 46.1 Å². The third-order valence-corrected chi connectivity index (χ3v) is 4.40. The Kier molecular flexibility index (Phi) is 3.58. The molecular weight excluding hydrogens is 363 g/mol. The summed E-state index contributed by atoms with van der Waals surface area (Å²) in [7, 11) is 0. The highest BCUT2D eigenvalue weighted by atomic mass is 35.5. The van der Waals surface area contributed by atoms with E-state index < -0.39 is 54.0 Å². The number of hydrogen-bond donors (Lipinski definition) is 0. The van der Waals surface area contributed by atoms with E-state index in [9.17, 15) is 29.8 Å². The molecule has 2 aromatic carbocycles. The van der Waals surface area contributed by atoms with Crippen molar-refractivity contribution in [3.63, 3.8) is 0 Å². The second-order valence-corrected chi connectivity index (χ2v) is 5.55. The van der Waals surface area contributed by atoms with Crippen LogP contribution in [0.5, 0.6) is 0 Å². The summed E-state index contributed by atoms with van der Waals surface area (Å²) in [6.45, 7) is 0. The van der Waals surface area contributed by atoms with E-state index in [4.69, 9.17) is 23.2 Å². The van der Waals surface area contributed by atoms with Crippen LogP contribution >= 0.6 is 23.2 Å². The van der Waals surface area contributed by atoms with E-state index in [2.05, 4.69) is 0 Å². The quantitative estimate of drug-likeness (QED) is 0.504. The van der Waals surface area contributed by atoms with Gasteiger partial charge in [0, 0.05) is 11.1 Å². The van der Waals surface area contributed by atoms with Crippen LogP contribution in [0.3, 0.4) is 0 Å². The summed E-state index contributed by atoms with van der Waals surface area (Å²) in [5.74, 6) is -1.79. The maximum absolute atomic E-state index is 12.6. The van der Waals surface area contributed by atoms with E-state index >= 15 is 0 Å². The summed E-state index contributed by atoms with van der Waals surface area (Å²) < 4.78 is 0. The van der Waals surface area contributed by atoms with Crippen LogP contribution in [0.4, 0.5) is 11.4 Å². The Morgan fingerprint density at radius 2 is 1.08 bits per heavy atom. The first-order valence-electron chi connectivity index (χ1n) is 6.29. The molecule has 3 rings (SSSR count). The van der Waals surface area contributed by atoms with Gasteiger partial charge in [0.15, 0.2) is 0 Å². The molecule has 0 amide bonds. The lowest BCUT2D eigenvalue weighted by Crippen LogP contribution is -2.24. The van der Waals surface area contributed by atoms with Gasteiger partial charge in [-0.05, 0) is 0 Å². The molecule has 120 valence electrons. The molecule has 0 heterocycles. The molecule has 0 aliphatic heterocycles. The fraction of sp³-hybridized carbons (Fsp3) is 0. The van der Waals surface area contributed by atoms with Crippen molar-refractivity contribution in [1.82, 2.24) is 0 Å². The summed E-state index contributed by atoms with van der Waals surface area (Å²) >= 11 is 11.5. The van der Waals surface area contributed by atoms with Gasteiger partial charge < -0.3 is 0 Å². The standard InChI is InChI=1S/C14H4Cl2N2O6/c15-9-10(16)12(18(23)24)8-7(11(9)17(21)22)13(19)5-3-1-2-4-6(5)14(8)20/h1-4H. The molecule has 2 aromatic rings. The van der Waals surface area contributed by atoms with Gasteiger partial charge in [0.1, 0.15) is 21.2 Å². The van der Waals surface area contributed by atoms with Crippen LogP contribution in [-0.4, -0.2) is 21.4 Å². The molecule has 0 unspecified atom stereocenters. The predicted octanol–water partition coefficient (Wildman–Crippen LogP) is 3.59. The van der Waals surface area contributed by atoms with Crippen LogP contribution in [0, 0.1) is 20.2 Å². The molecule has 0 saturated heterocycles. The molecule has 0 radical (unpaired) electrons. The fourth-order valence-electron chi connectivity index (χ4n) is 2.60. The minimum atomic E-state index is -0.990. The van der Waals surface area contributed by atoms with Crippen molar-refractivity contribution in [2.24, 2.45) is 0 Å². The first kappa shape index (κ1) is 16.0. The molecule has 0 spiro atoms. The van der Waals surface area contributed by atoms with Gasteiger partial charge in [-0.2, -0.15) is 0 Å². The van der Waals surface area contributed by atoms with Gasteiger partial charge in [0.25, 0.3) is 0 Å². The molecule has 1 aliphatic carbocycles.